The van der Waals surface area contributed by atoms with Gasteiger partial charge in [-0.05, 0) is 36.4 Å². The normalized spacial score (nSPS) is 10.0. The Hall–Kier alpha value is -2.23. The van der Waals surface area contributed by atoms with Gasteiger partial charge in [-0.2, -0.15) is 0 Å². The second-order valence-corrected chi connectivity index (χ2v) is 3.41. The van der Waals surface area contributed by atoms with Crippen LogP contribution in [-0.2, 0) is 0 Å². The summed E-state index contributed by atoms with van der Waals surface area (Å²) in [6, 6.07) is 11.0. The Morgan fingerprint density at radius 2 is 1.65 bits per heavy atom. The predicted octanol–water partition coefficient (Wildman–Crippen LogP) is 3.32. The summed E-state index contributed by atoms with van der Waals surface area (Å²) in [4.78, 5) is 15.6. The minimum absolute atomic E-state index is 0.0987. The quantitative estimate of drug-likeness (QED) is 0.761. The van der Waals surface area contributed by atoms with Gasteiger partial charge in [-0.1, -0.05) is 12.1 Å². The molecule has 17 heavy (non-hydrogen) atoms. The minimum atomic E-state index is -0.434. The van der Waals surface area contributed by atoms with Gasteiger partial charge in [0.2, 0.25) is 0 Å². The lowest BCUT2D eigenvalue weighted by Gasteiger charge is -2.04. The molecule has 86 valence electrons. The molecule has 2 aromatic carbocycles. The number of ketones is 1. The van der Waals surface area contributed by atoms with Crippen molar-refractivity contribution < 1.29 is 18.7 Å². The van der Waals surface area contributed by atoms with Crippen molar-refractivity contribution in [2.45, 2.75) is 0 Å². The lowest BCUT2D eigenvalue weighted by molar-refractivity contribution is -0.00699. The van der Waals surface area contributed by atoms with Crippen molar-refractivity contribution in [2.75, 3.05) is 0 Å². The lowest BCUT2D eigenvalue weighted by Crippen LogP contribution is -2.02. The van der Waals surface area contributed by atoms with E-state index >= 15 is 0 Å². The summed E-state index contributed by atoms with van der Waals surface area (Å²) in [5.41, 5.74) is 0.373. The first-order valence-corrected chi connectivity index (χ1v) is 4.90. The number of benzene rings is 2. The van der Waals surface area contributed by atoms with Gasteiger partial charge in [0, 0.05) is 10.1 Å². The van der Waals surface area contributed by atoms with E-state index in [1.807, 2.05) is 0 Å². The molecule has 0 fully saturated rings. The molecule has 0 aliphatic carbocycles. The van der Waals surface area contributed by atoms with Crippen LogP contribution in [0, 0.1) is 5.82 Å². The van der Waals surface area contributed by atoms with Gasteiger partial charge in [-0.15, -0.1) is 0 Å². The van der Waals surface area contributed by atoms with Crippen LogP contribution in [0.4, 0.5) is 8.92 Å². The fourth-order valence-corrected chi connectivity index (χ4v) is 1.48. The van der Waals surface area contributed by atoms with Crippen molar-refractivity contribution in [2.24, 2.45) is 0 Å². The smallest absolute Gasteiger partial charge is 0.196 e. The van der Waals surface area contributed by atoms with Gasteiger partial charge >= 0.3 is 0 Å². The van der Waals surface area contributed by atoms with E-state index in [-0.39, 0.29) is 16.9 Å². The fraction of sp³-hybridized carbons (Fsp3) is 0. The van der Waals surface area contributed by atoms with Gasteiger partial charge in [0.1, 0.15) is 5.82 Å². The second-order valence-electron chi connectivity index (χ2n) is 3.41. The molecule has 0 heterocycles. The highest BCUT2D eigenvalue weighted by Crippen LogP contribution is 2.21. The SMILES string of the molecule is O=C(c1ccc(F)cc1)c1ccccc1OF. The van der Waals surface area contributed by atoms with Gasteiger partial charge in [0.05, 0.1) is 5.56 Å². The summed E-state index contributed by atoms with van der Waals surface area (Å²) < 4.78 is 24.9. The summed E-state index contributed by atoms with van der Waals surface area (Å²) in [6.07, 6.45) is 0. The number of carbonyl (C=O) groups is 1. The van der Waals surface area contributed by atoms with Crippen LogP contribution in [-0.4, -0.2) is 5.78 Å². The van der Waals surface area contributed by atoms with E-state index in [2.05, 4.69) is 4.94 Å². The van der Waals surface area contributed by atoms with Gasteiger partial charge in [0.25, 0.3) is 0 Å². The molecule has 2 nitrogen and oxygen atoms in total. The molecule has 0 amide bonds. The zero-order valence-corrected chi connectivity index (χ0v) is 8.69. The molecular formula is C13H8F2O2. The van der Waals surface area contributed by atoms with Crippen molar-refractivity contribution in [3.8, 4) is 5.75 Å². The van der Waals surface area contributed by atoms with Gasteiger partial charge in [-0.25, -0.2) is 4.39 Å². The molecule has 0 atom stereocenters. The lowest BCUT2D eigenvalue weighted by atomic mass is 10.0. The molecule has 0 N–H and O–H groups in total. The van der Waals surface area contributed by atoms with E-state index in [0.29, 0.717) is 0 Å². The molecule has 0 spiro atoms. The summed E-state index contributed by atoms with van der Waals surface area (Å²) >= 11 is 0. The summed E-state index contributed by atoms with van der Waals surface area (Å²) in [5.74, 6) is -1.00. The molecule has 0 aromatic heterocycles. The highest BCUT2D eigenvalue weighted by Gasteiger charge is 2.14. The van der Waals surface area contributed by atoms with E-state index in [4.69, 9.17) is 0 Å². The maximum absolute atomic E-state index is 12.7. The average molecular weight is 234 g/mol. The van der Waals surface area contributed by atoms with Crippen molar-refractivity contribution in [1.82, 2.24) is 0 Å². The molecule has 0 aliphatic rings. The topological polar surface area (TPSA) is 26.3 Å². The summed E-state index contributed by atoms with van der Waals surface area (Å²) in [5, 5.41) is 0. The number of hydrogen-bond acceptors (Lipinski definition) is 2. The Bertz CT molecular complexity index is 535. The molecule has 4 heteroatoms. The molecule has 0 aliphatic heterocycles. The van der Waals surface area contributed by atoms with E-state index < -0.39 is 11.6 Å². The van der Waals surface area contributed by atoms with Crippen LogP contribution in [0.5, 0.6) is 5.75 Å². The maximum atomic E-state index is 12.7. The van der Waals surface area contributed by atoms with E-state index in [1.165, 1.54) is 36.4 Å². The molecule has 0 unspecified atom stereocenters. The molecular weight excluding hydrogens is 226 g/mol. The molecule has 0 bridgehead atoms. The monoisotopic (exact) mass is 234 g/mol. The highest BCUT2D eigenvalue weighted by atomic mass is 19.3. The standard InChI is InChI=1S/C13H8F2O2/c14-10-7-5-9(6-8-10)13(16)11-3-1-2-4-12(11)17-15/h1-8H. The Balaban J connectivity index is 2.40. The molecule has 0 radical (unpaired) electrons. The van der Waals surface area contributed by atoms with Crippen molar-refractivity contribution in [3.63, 3.8) is 0 Å². The third-order valence-electron chi connectivity index (χ3n) is 2.32. The van der Waals surface area contributed by atoms with Crippen LogP contribution >= 0.6 is 0 Å². The van der Waals surface area contributed by atoms with E-state index in [9.17, 15) is 13.7 Å². The Morgan fingerprint density at radius 3 is 2.29 bits per heavy atom. The zero-order chi connectivity index (χ0) is 12.3. The van der Waals surface area contributed by atoms with Crippen molar-refractivity contribution >= 4 is 5.78 Å². The summed E-state index contributed by atoms with van der Waals surface area (Å²) in [6.45, 7) is 0. The van der Waals surface area contributed by atoms with Crippen LogP contribution in [0.15, 0.2) is 48.5 Å². The largest absolute Gasteiger partial charge is 0.294 e. The summed E-state index contributed by atoms with van der Waals surface area (Å²) in [7, 11) is 0. The van der Waals surface area contributed by atoms with Crippen LogP contribution in [0.25, 0.3) is 0 Å². The third-order valence-corrected chi connectivity index (χ3v) is 2.32. The first kappa shape index (κ1) is 11.3. The first-order chi connectivity index (χ1) is 8.22. The molecule has 2 rings (SSSR count). The minimum Gasteiger partial charge on any atom is -0.294 e. The Kier molecular flexibility index (Phi) is 3.14. The van der Waals surface area contributed by atoms with Gasteiger partial charge in [0.15, 0.2) is 11.5 Å². The Labute approximate surface area is 96.4 Å². The second kappa shape index (κ2) is 4.74. The Morgan fingerprint density at radius 1 is 1.00 bits per heavy atom. The van der Waals surface area contributed by atoms with Crippen molar-refractivity contribution in [3.05, 3.63) is 65.5 Å². The number of hydrogen-bond donors (Lipinski definition) is 0. The van der Waals surface area contributed by atoms with Crippen molar-refractivity contribution in [1.29, 1.82) is 0 Å². The highest BCUT2D eigenvalue weighted by molar-refractivity contribution is 6.10. The predicted molar refractivity (Wildman–Crippen MR) is 58.0 cm³/mol. The van der Waals surface area contributed by atoms with Gasteiger partial charge < -0.3 is 0 Å². The van der Waals surface area contributed by atoms with Gasteiger partial charge in [-0.3, -0.25) is 9.74 Å². The van der Waals surface area contributed by atoms with E-state index in [1.54, 1.807) is 12.1 Å². The van der Waals surface area contributed by atoms with Crippen LogP contribution < -0.4 is 4.94 Å². The fourth-order valence-electron chi connectivity index (χ4n) is 1.48. The zero-order valence-electron chi connectivity index (χ0n) is 8.69. The number of rotatable bonds is 3. The molecule has 2 aromatic rings. The average Bonchev–Trinajstić information content (AvgIpc) is 2.39. The van der Waals surface area contributed by atoms with Crippen LogP contribution in [0.1, 0.15) is 15.9 Å². The maximum Gasteiger partial charge on any atom is 0.196 e. The first-order valence-electron chi connectivity index (χ1n) is 4.90. The number of halogens is 2. The number of carbonyl (C=O) groups excluding carboxylic acids is 1. The van der Waals surface area contributed by atoms with E-state index in [0.717, 1.165) is 0 Å². The van der Waals surface area contributed by atoms with Crippen LogP contribution in [0.3, 0.4) is 0 Å². The third kappa shape index (κ3) is 2.30. The molecule has 0 saturated heterocycles. The molecule has 0 saturated carbocycles. The van der Waals surface area contributed by atoms with Crippen LogP contribution in [0.2, 0.25) is 0 Å². The number of para-hydroxylation sites is 1.